The summed E-state index contributed by atoms with van der Waals surface area (Å²) in [5.41, 5.74) is 0.871. The van der Waals surface area contributed by atoms with Crippen LogP contribution in [-0.2, 0) is 20.8 Å². The molecule has 2 aliphatic heterocycles. The van der Waals surface area contributed by atoms with Crippen LogP contribution in [0.3, 0.4) is 0 Å². The maximum absolute atomic E-state index is 13.3. The molecule has 0 aromatic heterocycles. The maximum atomic E-state index is 13.3. The molecule has 0 radical (unpaired) electrons. The minimum atomic E-state index is -5.08. The number of aliphatic carboxylic acids is 1. The first kappa shape index (κ1) is 22.5. The molecule has 0 aliphatic carbocycles. The summed E-state index contributed by atoms with van der Waals surface area (Å²) in [4.78, 5) is 11.2. The van der Waals surface area contributed by atoms with Gasteiger partial charge in [-0.2, -0.15) is 13.2 Å². The van der Waals surface area contributed by atoms with Crippen molar-refractivity contribution < 1.29 is 41.3 Å². The van der Waals surface area contributed by atoms with Crippen LogP contribution in [0.5, 0.6) is 0 Å². The van der Waals surface area contributed by atoms with Gasteiger partial charge in [0.15, 0.2) is 11.6 Å². The smallest absolute Gasteiger partial charge is 0.475 e. The van der Waals surface area contributed by atoms with Gasteiger partial charge in [-0.3, -0.25) is 4.90 Å². The molecule has 28 heavy (non-hydrogen) atoms. The van der Waals surface area contributed by atoms with Gasteiger partial charge < -0.3 is 14.6 Å². The fraction of sp³-hybridized carbons (Fsp3) is 0.611. The molecule has 1 aromatic carbocycles. The van der Waals surface area contributed by atoms with Crippen molar-refractivity contribution in [2.75, 3.05) is 39.5 Å². The van der Waals surface area contributed by atoms with Gasteiger partial charge in [-0.1, -0.05) is 6.07 Å². The van der Waals surface area contributed by atoms with E-state index in [1.807, 2.05) is 6.92 Å². The summed E-state index contributed by atoms with van der Waals surface area (Å²) in [6.07, 6.45) is -5.08. The van der Waals surface area contributed by atoms with Gasteiger partial charge in [0.2, 0.25) is 0 Å². The van der Waals surface area contributed by atoms with Crippen molar-refractivity contribution >= 4 is 5.97 Å². The number of likely N-dealkylation sites (tertiary alicyclic amines) is 1. The van der Waals surface area contributed by atoms with E-state index in [1.165, 1.54) is 12.1 Å². The van der Waals surface area contributed by atoms with E-state index in [4.69, 9.17) is 19.4 Å². The fourth-order valence-corrected chi connectivity index (χ4v) is 3.47. The molecular formula is C18H22F5NO4. The van der Waals surface area contributed by atoms with E-state index >= 15 is 0 Å². The quantitative estimate of drug-likeness (QED) is 0.755. The second-order valence-electron chi connectivity index (χ2n) is 6.93. The Morgan fingerprint density at radius 2 is 2.04 bits per heavy atom. The standard InChI is InChI=1S/C16H21F2NO2.C2HF3O2/c1-2-20-10-16-9-19(7-13(16)8-21-11-16)6-12-3-4-14(17)15(18)5-12;3-2(4,5)1(6)7/h3-5,13H,2,6-11H2,1H3;(H,6,7)/t13-,16-;/m1./s1. The van der Waals surface area contributed by atoms with Crippen LogP contribution in [0.15, 0.2) is 18.2 Å². The summed E-state index contributed by atoms with van der Waals surface area (Å²) in [6, 6.07) is 4.13. The number of rotatable bonds is 5. The Bertz CT molecular complexity index is 684. The summed E-state index contributed by atoms with van der Waals surface area (Å²) in [6.45, 7) is 7.35. The highest BCUT2D eigenvalue weighted by Gasteiger charge is 2.50. The Labute approximate surface area is 159 Å². The van der Waals surface area contributed by atoms with Crippen molar-refractivity contribution in [2.45, 2.75) is 19.6 Å². The van der Waals surface area contributed by atoms with Gasteiger partial charge in [-0.05, 0) is 24.6 Å². The molecule has 0 unspecified atom stereocenters. The lowest BCUT2D eigenvalue weighted by molar-refractivity contribution is -0.192. The third-order valence-corrected chi connectivity index (χ3v) is 4.82. The average molecular weight is 411 g/mol. The van der Waals surface area contributed by atoms with E-state index < -0.39 is 23.8 Å². The van der Waals surface area contributed by atoms with Gasteiger partial charge in [0.25, 0.3) is 0 Å². The molecule has 2 atom stereocenters. The minimum absolute atomic E-state index is 0.0641. The molecule has 0 bridgehead atoms. The van der Waals surface area contributed by atoms with Gasteiger partial charge in [0, 0.05) is 37.6 Å². The molecule has 5 nitrogen and oxygen atoms in total. The van der Waals surface area contributed by atoms with Crippen molar-refractivity contribution in [3.8, 4) is 0 Å². The number of carboxylic acid groups (broad SMARTS) is 1. The summed E-state index contributed by atoms with van der Waals surface area (Å²) in [5.74, 6) is -3.86. The second kappa shape index (κ2) is 9.15. The van der Waals surface area contributed by atoms with E-state index in [0.29, 0.717) is 25.7 Å². The first-order valence-corrected chi connectivity index (χ1v) is 8.69. The molecule has 1 N–H and O–H groups in total. The first-order chi connectivity index (χ1) is 13.1. The Hall–Kier alpha value is -1.78. The van der Waals surface area contributed by atoms with E-state index in [1.54, 1.807) is 6.07 Å². The predicted molar refractivity (Wildman–Crippen MR) is 88.6 cm³/mol. The van der Waals surface area contributed by atoms with Gasteiger partial charge in [-0.25, -0.2) is 13.6 Å². The van der Waals surface area contributed by atoms with Crippen LogP contribution in [0.1, 0.15) is 12.5 Å². The molecule has 158 valence electrons. The topological polar surface area (TPSA) is 59.0 Å². The highest BCUT2D eigenvalue weighted by Crippen LogP contribution is 2.42. The van der Waals surface area contributed by atoms with Gasteiger partial charge >= 0.3 is 12.1 Å². The number of hydrogen-bond acceptors (Lipinski definition) is 4. The number of carbonyl (C=O) groups is 1. The SMILES string of the molecule is CCOC[C@]12COC[C@H]1CN(Cc1ccc(F)c(F)c1)C2.O=C(O)C(F)(F)F. The lowest BCUT2D eigenvalue weighted by atomic mass is 9.82. The highest BCUT2D eigenvalue weighted by atomic mass is 19.4. The second-order valence-corrected chi connectivity index (χ2v) is 6.93. The third-order valence-electron chi connectivity index (χ3n) is 4.82. The molecule has 10 heteroatoms. The minimum Gasteiger partial charge on any atom is -0.475 e. The first-order valence-electron chi connectivity index (χ1n) is 8.69. The van der Waals surface area contributed by atoms with Crippen LogP contribution in [0.2, 0.25) is 0 Å². The molecule has 2 fully saturated rings. The summed E-state index contributed by atoms with van der Waals surface area (Å²) < 4.78 is 69.3. The monoisotopic (exact) mass is 411 g/mol. The zero-order valence-corrected chi connectivity index (χ0v) is 15.3. The summed E-state index contributed by atoms with van der Waals surface area (Å²) in [5, 5.41) is 7.12. The van der Waals surface area contributed by atoms with Crippen molar-refractivity contribution in [1.29, 1.82) is 0 Å². The van der Waals surface area contributed by atoms with Gasteiger partial charge in [-0.15, -0.1) is 0 Å². The number of halogens is 5. The van der Waals surface area contributed by atoms with Gasteiger partial charge in [0.05, 0.1) is 19.8 Å². The van der Waals surface area contributed by atoms with Crippen LogP contribution in [0, 0.1) is 23.0 Å². The molecule has 3 rings (SSSR count). The molecular weight excluding hydrogens is 389 g/mol. The van der Waals surface area contributed by atoms with Crippen molar-refractivity contribution in [2.24, 2.45) is 11.3 Å². The predicted octanol–water partition coefficient (Wildman–Crippen LogP) is 3.08. The molecule has 0 saturated carbocycles. The molecule has 2 aliphatic rings. The number of fused-ring (bicyclic) bond motifs is 1. The number of benzene rings is 1. The Morgan fingerprint density at radius 1 is 1.36 bits per heavy atom. The number of nitrogens with zero attached hydrogens (tertiary/aromatic N) is 1. The van der Waals surface area contributed by atoms with Crippen LogP contribution in [-0.4, -0.2) is 61.7 Å². The lowest BCUT2D eigenvalue weighted by Crippen LogP contribution is -2.35. The zero-order valence-electron chi connectivity index (χ0n) is 15.3. The largest absolute Gasteiger partial charge is 0.490 e. The van der Waals surface area contributed by atoms with Crippen LogP contribution in [0.4, 0.5) is 22.0 Å². The van der Waals surface area contributed by atoms with Crippen LogP contribution in [0.25, 0.3) is 0 Å². The van der Waals surface area contributed by atoms with E-state index in [9.17, 15) is 22.0 Å². The van der Waals surface area contributed by atoms with Gasteiger partial charge in [0.1, 0.15) is 0 Å². The van der Waals surface area contributed by atoms with Crippen molar-refractivity contribution in [3.05, 3.63) is 35.4 Å². The number of hydrogen-bond donors (Lipinski definition) is 1. The van der Waals surface area contributed by atoms with Crippen LogP contribution >= 0.6 is 0 Å². The Kier molecular flexibility index (Phi) is 7.35. The van der Waals surface area contributed by atoms with E-state index in [2.05, 4.69) is 4.90 Å². The lowest BCUT2D eigenvalue weighted by Gasteiger charge is -2.26. The normalized spacial score (nSPS) is 24.6. The Balaban J connectivity index is 0.000000345. The van der Waals surface area contributed by atoms with Crippen LogP contribution < -0.4 is 0 Å². The van der Waals surface area contributed by atoms with Crippen molar-refractivity contribution in [3.63, 3.8) is 0 Å². The average Bonchev–Trinajstić information content (AvgIpc) is 3.13. The third kappa shape index (κ3) is 5.62. The molecule has 2 heterocycles. The zero-order chi connectivity index (χ0) is 20.9. The molecule has 2 saturated heterocycles. The summed E-state index contributed by atoms with van der Waals surface area (Å²) >= 11 is 0. The fourth-order valence-electron chi connectivity index (χ4n) is 3.47. The van der Waals surface area contributed by atoms with Crippen molar-refractivity contribution in [1.82, 2.24) is 4.90 Å². The molecule has 0 spiro atoms. The maximum Gasteiger partial charge on any atom is 0.490 e. The highest BCUT2D eigenvalue weighted by molar-refractivity contribution is 5.73. The number of carboxylic acids is 1. The Morgan fingerprint density at radius 3 is 2.61 bits per heavy atom. The summed E-state index contributed by atoms with van der Waals surface area (Å²) in [7, 11) is 0. The van der Waals surface area contributed by atoms with E-state index in [0.717, 1.165) is 31.9 Å². The number of alkyl halides is 3. The molecule has 1 aromatic rings. The molecule has 0 amide bonds. The number of ether oxygens (including phenoxy) is 2. The van der Waals surface area contributed by atoms with E-state index in [-0.39, 0.29) is 5.41 Å².